The van der Waals surface area contributed by atoms with E-state index in [1.165, 1.54) is 4.90 Å². The Morgan fingerprint density at radius 3 is 2.00 bits per heavy atom. The van der Waals surface area contributed by atoms with Crippen molar-refractivity contribution in [3.63, 3.8) is 0 Å². The molecule has 0 fully saturated rings. The first kappa shape index (κ1) is 29.8. The maximum atomic E-state index is 12.6. The second-order valence-electron chi connectivity index (χ2n) is 10.8. The third-order valence-corrected chi connectivity index (χ3v) is 5.07. The Morgan fingerprint density at radius 1 is 0.892 bits per heavy atom. The zero-order valence-electron chi connectivity index (χ0n) is 22.4. The van der Waals surface area contributed by atoms with Crippen molar-refractivity contribution >= 4 is 29.8 Å². The van der Waals surface area contributed by atoms with Crippen molar-refractivity contribution in [1.29, 1.82) is 0 Å². The standard InChI is InChI=1S/C26H38N4O7/c1-25(2,3)36-20(31)14-13-19(23(34)37-26(4,5)6)28-24(35)29-27-15-9-10-16-30-21(32)17-11-7-8-12-18(17)22(30)33/h7-8,11-12,19,27H,9-10,13-16H2,1-6H3,(H2,28,29,35)/t19-/m0/s1. The molecule has 2 rings (SSSR count). The smallest absolute Gasteiger partial charge is 0.329 e. The molecular formula is C26H38N4O7. The molecule has 1 aliphatic heterocycles. The summed E-state index contributed by atoms with van der Waals surface area (Å²) in [5, 5.41) is 2.52. The summed E-state index contributed by atoms with van der Waals surface area (Å²) in [4.78, 5) is 63.0. The Hall–Kier alpha value is -3.47. The Morgan fingerprint density at radius 2 is 1.46 bits per heavy atom. The van der Waals surface area contributed by atoms with Gasteiger partial charge in [-0.3, -0.25) is 24.7 Å². The summed E-state index contributed by atoms with van der Waals surface area (Å²) >= 11 is 0. The van der Waals surface area contributed by atoms with Gasteiger partial charge in [0, 0.05) is 19.5 Å². The van der Waals surface area contributed by atoms with Gasteiger partial charge in [-0.05, 0) is 72.9 Å². The number of ether oxygens (including phenoxy) is 2. The van der Waals surface area contributed by atoms with Gasteiger partial charge in [-0.15, -0.1) is 0 Å². The fraction of sp³-hybridized carbons (Fsp3) is 0.577. The topological polar surface area (TPSA) is 143 Å². The third kappa shape index (κ3) is 9.83. The molecule has 0 aromatic heterocycles. The van der Waals surface area contributed by atoms with Crippen molar-refractivity contribution in [2.24, 2.45) is 0 Å². The fourth-order valence-electron chi connectivity index (χ4n) is 3.54. The second-order valence-corrected chi connectivity index (χ2v) is 10.8. The number of nitrogens with zero attached hydrogens (tertiary/aromatic N) is 1. The van der Waals surface area contributed by atoms with E-state index in [1.807, 2.05) is 0 Å². The Balaban J connectivity index is 1.76. The number of carbonyl (C=O) groups excluding carboxylic acids is 5. The van der Waals surface area contributed by atoms with Gasteiger partial charge in [-0.2, -0.15) is 0 Å². The van der Waals surface area contributed by atoms with Crippen molar-refractivity contribution in [2.45, 2.75) is 84.5 Å². The molecule has 0 aliphatic carbocycles. The van der Waals surface area contributed by atoms with Crippen LogP contribution in [0.2, 0.25) is 0 Å². The van der Waals surface area contributed by atoms with E-state index in [9.17, 15) is 24.0 Å². The van der Waals surface area contributed by atoms with Gasteiger partial charge in [0.1, 0.15) is 17.2 Å². The van der Waals surface area contributed by atoms with Crippen LogP contribution in [0.15, 0.2) is 24.3 Å². The van der Waals surface area contributed by atoms with Crippen LogP contribution >= 0.6 is 0 Å². The van der Waals surface area contributed by atoms with Crippen LogP contribution in [0.5, 0.6) is 0 Å². The number of esters is 2. The van der Waals surface area contributed by atoms with Gasteiger partial charge in [0.2, 0.25) is 0 Å². The van der Waals surface area contributed by atoms with E-state index in [4.69, 9.17) is 9.47 Å². The number of imide groups is 1. The van der Waals surface area contributed by atoms with E-state index < -0.39 is 35.2 Å². The lowest BCUT2D eigenvalue weighted by atomic mass is 10.1. The normalized spacial score (nSPS) is 14.2. The molecule has 1 aliphatic rings. The minimum Gasteiger partial charge on any atom is -0.460 e. The lowest BCUT2D eigenvalue weighted by Crippen LogP contribution is -2.51. The monoisotopic (exact) mass is 518 g/mol. The summed E-state index contributed by atoms with van der Waals surface area (Å²) in [6.45, 7) is 11.0. The molecule has 0 unspecified atom stereocenters. The van der Waals surface area contributed by atoms with E-state index in [-0.39, 0.29) is 31.2 Å². The third-order valence-electron chi connectivity index (χ3n) is 5.07. The van der Waals surface area contributed by atoms with Gasteiger partial charge in [0.25, 0.3) is 11.8 Å². The summed E-state index contributed by atoms with van der Waals surface area (Å²) in [5.41, 5.74) is 4.59. The number of hydrogen-bond donors (Lipinski definition) is 3. The predicted octanol–water partition coefficient (Wildman–Crippen LogP) is 2.70. The molecule has 1 aromatic rings. The van der Waals surface area contributed by atoms with Crippen LogP contribution in [0, 0.1) is 0 Å². The largest absolute Gasteiger partial charge is 0.460 e. The minimum atomic E-state index is -1.05. The molecular weight excluding hydrogens is 480 g/mol. The molecule has 1 aromatic carbocycles. The van der Waals surface area contributed by atoms with Crippen LogP contribution < -0.4 is 16.2 Å². The van der Waals surface area contributed by atoms with E-state index in [1.54, 1.807) is 65.8 Å². The molecule has 1 atom stereocenters. The summed E-state index contributed by atoms with van der Waals surface area (Å²) < 4.78 is 10.6. The zero-order chi connectivity index (χ0) is 27.8. The molecule has 0 saturated carbocycles. The Kier molecular flexibility index (Phi) is 10.2. The van der Waals surface area contributed by atoms with Crippen molar-refractivity contribution in [2.75, 3.05) is 13.1 Å². The van der Waals surface area contributed by atoms with Crippen molar-refractivity contribution in [1.82, 2.24) is 21.1 Å². The first-order valence-electron chi connectivity index (χ1n) is 12.4. The average Bonchev–Trinajstić information content (AvgIpc) is 3.01. The average molecular weight is 519 g/mol. The lowest BCUT2D eigenvalue weighted by Gasteiger charge is -2.25. The van der Waals surface area contributed by atoms with Gasteiger partial charge < -0.3 is 14.8 Å². The number of benzene rings is 1. The molecule has 11 nitrogen and oxygen atoms in total. The molecule has 1 heterocycles. The second kappa shape index (κ2) is 12.7. The zero-order valence-corrected chi connectivity index (χ0v) is 22.4. The molecule has 204 valence electrons. The molecule has 11 heteroatoms. The number of urea groups is 1. The van der Waals surface area contributed by atoms with Gasteiger partial charge in [0.05, 0.1) is 11.1 Å². The molecule has 0 radical (unpaired) electrons. The summed E-state index contributed by atoms with van der Waals surface area (Å²) in [5.74, 6) is -1.75. The Labute approximate surface area is 217 Å². The number of nitrogens with one attached hydrogen (secondary N) is 3. The van der Waals surface area contributed by atoms with Crippen molar-refractivity contribution < 1.29 is 33.4 Å². The van der Waals surface area contributed by atoms with Crippen molar-refractivity contribution in [3.8, 4) is 0 Å². The quantitative estimate of drug-likeness (QED) is 0.176. The number of hydrazine groups is 1. The predicted molar refractivity (Wildman–Crippen MR) is 135 cm³/mol. The number of rotatable bonds is 11. The van der Waals surface area contributed by atoms with Crippen LogP contribution in [0.1, 0.15) is 87.9 Å². The van der Waals surface area contributed by atoms with E-state index in [0.717, 1.165) is 0 Å². The van der Waals surface area contributed by atoms with Crippen LogP contribution in [0.25, 0.3) is 0 Å². The highest BCUT2D eigenvalue weighted by Crippen LogP contribution is 2.22. The molecule has 4 amide bonds. The van der Waals surface area contributed by atoms with Crippen LogP contribution in [-0.2, 0) is 19.1 Å². The summed E-state index contributed by atoms with van der Waals surface area (Å²) in [7, 11) is 0. The Bertz CT molecular complexity index is 976. The molecule has 0 saturated heterocycles. The fourth-order valence-corrected chi connectivity index (χ4v) is 3.54. The highest BCUT2D eigenvalue weighted by atomic mass is 16.6. The van der Waals surface area contributed by atoms with Gasteiger partial charge >= 0.3 is 18.0 Å². The number of unbranched alkanes of at least 4 members (excludes halogenated alkanes) is 1. The van der Waals surface area contributed by atoms with E-state index in [2.05, 4.69) is 16.2 Å². The molecule has 37 heavy (non-hydrogen) atoms. The van der Waals surface area contributed by atoms with Crippen LogP contribution in [0.4, 0.5) is 4.79 Å². The summed E-state index contributed by atoms with van der Waals surface area (Å²) in [6.07, 6.45) is 1.05. The highest BCUT2D eigenvalue weighted by molar-refractivity contribution is 6.21. The molecule has 3 N–H and O–H groups in total. The molecule has 0 spiro atoms. The van der Waals surface area contributed by atoms with Gasteiger partial charge in [0.15, 0.2) is 0 Å². The maximum absolute atomic E-state index is 12.6. The number of fused-ring (bicyclic) bond motifs is 1. The first-order chi connectivity index (χ1) is 17.2. The lowest BCUT2D eigenvalue weighted by molar-refractivity contribution is -0.158. The van der Waals surface area contributed by atoms with Crippen molar-refractivity contribution in [3.05, 3.63) is 35.4 Å². The number of amides is 4. The first-order valence-corrected chi connectivity index (χ1v) is 12.4. The van der Waals surface area contributed by atoms with Crippen LogP contribution in [0.3, 0.4) is 0 Å². The number of hydrogen-bond acceptors (Lipinski definition) is 8. The highest BCUT2D eigenvalue weighted by Gasteiger charge is 2.34. The van der Waals surface area contributed by atoms with Gasteiger partial charge in [-0.1, -0.05) is 12.1 Å². The SMILES string of the molecule is CC(C)(C)OC(=O)CC[C@H](NC(=O)NNCCCCN1C(=O)c2ccccc2C1=O)C(=O)OC(C)(C)C. The summed E-state index contributed by atoms with van der Waals surface area (Å²) in [6, 6.07) is 5.00. The molecule has 0 bridgehead atoms. The van der Waals surface area contributed by atoms with Gasteiger partial charge in [-0.25, -0.2) is 15.0 Å². The minimum absolute atomic E-state index is 0.0114. The number of carbonyl (C=O) groups is 5. The maximum Gasteiger partial charge on any atom is 0.329 e. The van der Waals surface area contributed by atoms with E-state index in [0.29, 0.717) is 30.5 Å². The van der Waals surface area contributed by atoms with Crippen LogP contribution in [-0.4, -0.2) is 65.0 Å². The van der Waals surface area contributed by atoms with E-state index >= 15 is 0 Å².